The van der Waals surface area contributed by atoms with E-state index in [1.807, 2.05) is 0 Å². The zero-order valence-corrected chi connectivity index (χ0v) is 10.7. The summed E-state index contributed by atoms with van der Waals surface area (Å²) in [5, 5.41) is 8.51. The molecule has 4 nitrogen and oxygen atoms in total. The SMILES string of the molecule is CN(CCC(=O)O)C(=O)C/C=C/c1ccc(F)cc1. The molecule has 1 aromatic rings. The second-order valence-electron chi connectivity index (χ2n) is 4.12. The number of aliphatic carboxylic acids is 1. The Morgan fingerprint density at radius 2 is 1.95 bits per heavy atom. The molecule has 0 heterocycles. The van der Waals surface area contributed by atoms with E-state index >= 15 is 0 Å². The molecule has 0 aliphatic carbocycles. The Kier molecular flexibility index (Phi) is 5.73. The third-order valence-electron chi connectivity index (χ3n) is 2.56. The zero-order chi connectivity index (χ0) is 14.3. The van der Waals surface area contributed by atoms with Gasteiger partial charge >= 0.3 is 5.97 Å². The molecule has 0 aromatic heterocycles. The molecule has 102 valence electrons. The van der Waals surface area contributed by atoms with E-state index in [9.17, 15) is 14.0 Å². The molecule has 0 atom stereocenters. The highest BCUT2D eigenvalue weighted by atomic mass is 19.1. The number of benzene rings is 1. The van der Waals surface area contributed by atoms with Crippen LogP contribution in [0.25, 0.3) is 6.08 Å². The number of carbonyl (C=O) groups is 2. The Morgan fingerprint density at radius 1 is 1.32 bits per heavy atom. The second kappa shape index (κ2) is 7.31. The molecule has 0 aliphatic rings. The topological polar surface area (TPSA) is 57.6 Å². The molecule has 0 saturated carbocycles. The molecule has 0 radical (unpaired) electrons. The van der Waals surface area contributed by atoms with Crippen LogP contribution in [0.2, 0.25) is 0 Å². The van der Waals surface area contributed by atoms with Crippen LogP contribution < -0.4 is 0 Å². The van der Waals surface area contributed by atoms with Gasteiger partial charge < -0.3 is 10.0 Å². The minimum absolute atomic E-state index is 0.0656. The zero-order valence-electron chi connectivity index (χ0n) is 10.7. The molecule has 19 heavy (non-hydrogen) atoms. The predicted octanol–water partition coefficient (Wildman–Crippen LogP) is 2.16. The van der Waals surface area contributed by atoms with Gasteiger partial charge in [-0.15, -0.1) is 0 Å². The highest BCUT2D eigenvalue weighted by Gasteiger charge is 2.08. The van der Waals surface area contributed by atoms with Gasteiger partial charge in [0.1, 0.15) is 5.82 Å². The van der Waals surface area contributed by atoms with Crippen molar-refractivity contribution in [1.82, 2.24) is 4.90 Å². The van der Waals surface area contributed by atoms with Gasteiger partial charge in [0.15, 0.2) is 0 Å². The van der Waals surface area contributed by atoms with Crippen molar-refractivity contribution in [3.8, 4) is 0 Å². The molecule has 5 heteroatoms. The minimum atomic E-state index is -0.929. The molecule has 1 rings (SSSR count). The molecule has 0 fully saturated rings. The summed E-state index contributed by atoms with van der Waals surface area (Å²) in [6.07, 6.45) is 3.52. The lowest BCUT2D eigenvalue weighted by Crippen LogP contribution is -2.28. The van der Waals surface area contributed by atoms with Crippen LogP contribution in [0.1, 0.15) is 18.4 Å². The van der Waals surface area contributed by atoms with Gasteiger partial charge in [-0.25, -0.2) is 4.39 Å². The van der Waals surface area contributed by atoms with Crippen LogP contribution in [0.15, 0.2) is 30.3 Å². The van der Waals surface area contributed by atoms with Crippen molar-refractivity contribution in [3.05, 3.63) is 41.7 Å². The van der Waals surface area contributed by atoms with Crippen molar-refractivity contribution in [3.63, 3.8) is 0 Å². The van der Waals surface area contributed by atoms with Crippen LogP contribution in [0, 0.1) is 5.82 Å². The van der Waals surface area contributed by atoms with Crippen LogP contribution in [-0.4, -0.2) is 35.5 Å². The molecule has 1 amide bonds. The van der Waals surface area contributed by atoms with Gasteiger partial charge in [-0.1, -0.05) is 24.3 Å². The van der Waals surface area contributed by atoms with E-state index in [4.69, 9.17) is 5.11 Å². The van der Waals surface area contributed by atoms with E-state index < -0.39 is 5.97 Å². The first kappa shape index (κ1) is 14.9. The van der Waals surface area contributed by atoms with Gasteiger partial charge in [0.25, 0.3) is 0 Å². The van der Waals surface area contributed by atoms with Crippen LogP contribution in [0.5, 0.6) is 0 Å². The number of carbonyl (C=O) groups excluding carboxylic acids is 1. The molecular weight excluding hydrogens is 249 g/mol. The highest BCUT2D eigenvalue weighted by molar-refractivity contribution is 5.79. The number of carboxylic acid groups (broad SMARTS) is 1. The summed E-state index contributed by atoms with van der Waals surface area (Å²) in [5.74, 6) is -1.39. The van der Waals surface area contributed by atoms with Gasteiger partial charge in [0.05, 0.1) is 6.42 Å². The van der Waals surface area contributed by atoms with Gasteiger partial charge in [-0.2, -0.15) is 0 Å². The summed E-state index contributed by atoms with van der Waals surface area (Å²) in [7, 11) is 1.57. The van der Waals surface area contributed by atoms with Crippen molar-refractivity contribution in [2.24, 2.45) is 0 Å². The number of halogens is 1. The third-order valence-corrected chi connectivity index (χ3v) is 2.56. The van der Waals surface area contributed by atoms with Crippen molar-refractivity contribution in [1.29, 1.82) is 0 Å². The van der Waals surface area contributed by atoms with Gasteiger partial charge in [-0.3, -0.25) is 9.59 Å². The number of hydrogen-bond donors (Lipinski definition) is 1. The van der Waals surface area contributed by atoms with E-state index in [1.54, 1.807) is 31.3 Å². The summed E-state index contributed by atoms with van der Waals surface area (Å²) >= 11 is 0. The van der Waals surface area contributed by atoms with E-state index in [0.29, 0.717) is 0 Å². The quantitative estimate of drug-likeness (QED) is 0.857. The Hall–Kier alpha value is -2.17. The normalized spacial score (nSPS) is 10.6. The largest absolute Gasteiger partial charge is 0.481 e. The lowest BCUT2D eigenvalue weighted by Gasteiger charge is -2.14. The maximum absolute atomic E-state index is 12.7. The average Bonchev–Trinajstić information content (AvgIpc) is 2.38. The van der Waals surface area contributed by atoms with Crippen LogP contribution in [0.3, 0.4) is 0 Å². The first-order chi connectivity index (χ1) is 8.99. The fraction of sp³-hybridized carbons (Fsp3) is 0.286. The monoisotopic (exact) mass is 265 g/mol. The smallest absolute Gasteiger partial charge is 0.305 e. The number of amides is 1. The standard InChI is InChI=1S/C14H16FNO3/c1-16(10-9-14(18)19)13(17)4-2-3-11-5-7-12(15)8-6-11/h2-3,5-8H,4,9-10H2,1H3,(H,18,19)/b3-2+. The molecule has 0 aliphatic heterocycles. The van der Waals surface area contributed by atoms with Crippen molar-refractivity contribution >= 4 is 18.0 Å². The Labute approximate surface area is 111 Å². The molecule has 0 bridgehead atoms. The highest BCUT2D eigenvalue weighted by Crippen LogP contribution is 2.05. The first-order valence-electron chi connectivity index (χ1n) is 5.87. The van der Waals surface area contributed by atoms with Crippen molar-refractivity contribution < 1.29 is 19.1 Å². The van der Waals surface area contributed by atoms with Gasteiger partial charge in [0, 0.05) is 20.0 Å². The molecule has 0 saturated heterocycles. The van der Waals surface area contributed by atoms with E-state index in [-0.39, 0.29) is 31.1 Å². The van der Waals surface area contributed by atoms with Crippen LogP contribution in [-0.2, 0) is 9.59 Å². The predicted molar refractivity (Wildman–Crippen MR) is 69.9 cm³/mol. The molecule has 0 unspecified atom stereocenters. The first-order valence-corrected chi connectivity index (χ1v) is 5.87. The van der Waals surface area contributed by atoms with Crippen LogP contribution in [0.4, 0.5) is 4.39 Å². The van der Waals surface area contributed by atoms with Crippen molar-refractivity contribution in [2.75, 3.05) is 13.6 Å². The number of carboxylic acids is 1. The fourth-order valence-corrected chi connectivity index (χ4v) is 1.41. The number of hydrogen-bond acceptors (Lipinski definition) is 2. The van der Waals surface area contributed by atoms with Gasteiger partial charge in [-0.05, 0) is 17.7 Å². The lowest BCUT2D eigenvalue weighted by molar-refractivity contribution is -0.138. The lowest BCUT2D eigenvalue weighted by atomic mass is 10.2. The Bertz CT molecular complexity index is 468. The van der Waals surface area contributed by atoms with E-state index in [0.717, 1.165) is 5.56 Å². The summed E-state index contributed by atoms with van der Waals surface area (Å²) in [6, 6.07) is 5.93. The average molecular weight is 265 g/mol. The summed E-state index contributed by atoms with van der Waals surface area (Å²) in [6.45, 7) is 0.193. The van der Waals surface area contributed by atoms with Crippen molar-refractivity contribution in [2.45, 2.75) is 12.8 Å². The maximum Gasteiger partial charge on any atom is 0.305 e. The Balaban J connectivity index is 2.40. The maximum atomic E-state index is 12.7. The number of nitrogens with zero attached hydrogens (tertiary/aromatic N) is 1. The second-order valence-corrected chi connectivity index (χ2v) is 4.12. The summed E-state index contributed by atoms with van der Waals surface area (Å²) < 4.78 is 12.7. The van der Waals surface area contributed by atoms with Gasteiger partial charge in [0.2, 0.25) is 5.91 Å². The fourth-order valence-electron chi connectivity index (χ4n) is 1.41. The Morgan fingerprint density at radius 3 is 2.53 bits per heavy atom. The van der Waals surface area contributed by atoms with E-state index in [2.05, 4.69) is 0 Å². The third kappa shape index (κ3) is 5.81. The number of rotatable bonds is 6. The molecule has 1 N–H and O–H groups in total. The summed E-state index contributed by atoms with van der Waals surface area (Å²) in [5.41, 5.74) is 0.808. The molecule has 0 spiro atoms. The molecular formula is C14H16FNO3. The molecule has 1 aromatic carbocycles. The van der Waals surface area contributed by atoms with Crippen LogP contribution >= 0.6 is 0 Å². The minimum Gasteiger partial charge on any atom is -0.481 e. The summed E-state index contributed by atoms with van der Waals surface area (Å²) in [4.78, 5) is 23.4. The van der Waals surface area contributed by atoms with E-state index in [1.165, 1.54) is 17.0 Å².